The summed E-state index contributed by atoms with van der Waals surface area (Å²) in [5.74, 6) is -0.352. The Labute approximate surface area is 122 Å². The summed E-state index contributed by atoms with van der Waals surface area (Å²) >= 11 is 0. The molecule has 4 heteroatoms. The SMILES string of the molecule is O=C(c1ncc[nH]1)C(O)(c1ccccc1)c1ccccc1. The van der Waals surface area contributed by atoms with E-state index in [1.54, 1.807) is 54.7 Å². The first-order valence-electron chi connectivity index (χ1n) is 6.60. The number of hydrogen-bond acceptors (Lipinski definition) is 3. The molecule has 0 amide bonds. The van der Waals surface area contributed by atoms with Crippen molar-refractivity contribution in [1.82, 2.24) is 9.97 Å². The average molecular weight is 278 g/mol. The van der Waals surface area contributed by atoms with Gasteiger partial charge in [-0.25, -0.2) is 4.98 Å². The molecule has 0 aliphatic carbocycles. The number of aliphatic hydroxyl groups is 1. The molecule has 0 atom stereocenters. The molecular formula is C17H14N2O2. The predicted octanol–water partition coefficient (Wildman–Crippen LogP) is 2.53. The summed E-state index contributed by atoms with van der Waals surface area (Å²) in [5, 5.41) is 11.2. The van der Waals surface area contributed by atoms with Gasteiger partial charge < -0.3 is 10.1 Å². The van der Waals surface area contributed by atoms with Crippen LogP contribution in [0.4, 0.5) is 0 Å². The number of aromatic amines is 1. The molecule has 0 saturated carbocycles. The zero-order valence-corrected chi connectivity index (χ0v) is 11.2. The van der Waals surface area contributed by atoms with Gasteiger partial charge >= 0.3 is 0 Å². The molecule has 21 heavy (non-hydrogen) atoms. The van der Waals surface area contributed by atoms with Crippen molar-refractivity contribution in [3.63, 3.8) is 0 Å². The number of carbonyl (C=O) groups excluding carboxylic acids is 1. The van der Waals surface area contributed by atoms with Crippen LogP contribution in [-0.4, -0.2) is 20.9 Å². The van der Waals surface area contributed by atoms with E-state index < -0.39 is 11.4 Å². The fraction of sp³-hybridized carbons (Fsp3) is 0.0588. The van der Waals surface area contributed by atoms with Crippen molar-refractivity contribution in [3.8, 4) is 0 Å². The topological polar surface area (TPSA) is 66.0 Å². The van der Waals surface area contributed by atoms with Crippen LogP contribution in [0.25, 0.3) is 0 Å². The van der Waals surface area contributed by atoms with Crippen molar-refractivity contribution in [2.24, 2.45) is 0 Å². The number of rotatable bonds is 4. The lowest BCUT2D eigenvalue weighted by Crippen LogP contribution is -2.37. The first-order chi connectivity index (χ1) is 10.2. The lowest BCUT2D eigenvalue weighted by Gasteiger charge is -2.26. The first-order valence-corrected chi connectivity index (χ1v) is 6.60. The maximum Gasteiger partial charge on any atom is 0.238 e. The number of H-pyrrole nitrogens is 1. The van der Waals surface area contributed by atoms with Crippen LogP contribution < -0.4 is 0 Å². The summed E-state index contributed by atoms with van der Waals surface area (Å²) in [7, 11) is 0. The Morgan fingerprint density at radius 2 is 1.48 bits per heavy atom. The summed E-state index contributed by atoms with van der Waals surface area (Å²) in [5.41, 5.74) is -0.740. The van der Waals surface area contributed by atoms with Crippen LogP contribution in [0.3, 0.4) is 0 Å². The standard InChI is InChI=1S/C17H14N2O2/c20-15(16-18-11-12-19-16)17(21,13-7-3-1-4-8-13)14-9-5-2-6-10-14/h1-12,21H,(H,18,19). The number of nitrogens with one attached hydrogen (secondary N) is 1. The lowest BCUT2D eigenvalue weighted by atomic mass is 9.82. The minimum Gasteiger partial charge on any atom is -0.373 e. The number of imidazole rings is 1. The van der Waals surface area contributed by atoms with Gasteiger partial charge in [-0.1, -0.05) is 60.7 Å². The van der Waals surface area contributed by atoms with Gasteiger partial charge in [0.05, 0.1) is 0 Å². The van der Waals surface area contributed by atoms with Crippen LogP contribution in [0.5, 0.6) is 0 Å². The van der Waals surface area contributed by atoms with Crippen molar-refractivity contribution in [2.75, 3.05) is 0 Å². The Kier molecular flexibility index (Phi) is 3.38. The number of aromatic nitrogens is 2. The van der Waals surface area contributed by atoms with Crippen LogP contribution in [0.15, 0.2) is 73.1 Å². The minimum atomic E-state index is -1.76. The van der Waals surface area contributed by atoms with Gasteiger partial charge in [0.2, 0.25) is 5.78 Å². The van der Waals surface area contributed by atoms with Crippen LogP contribution in [0.1, 0.15) is 21.7 Å². The molecular weight excluding hydrogens is 264 g/mol. The number of hydrogen-bond donors (Lipinski definition) is 2. The third-order valence-corrected chi connectivity index (χ3v) is 3.43. The van der Waals surface area contributed by atoms with Gasteiger partial charge in [-0.15, -0.1) is 0 Å². The van der Waals surface area contributed by atoms with Crippen molar-refractivity contribution >= 4 is 5.78 Å². The molecule has 104 valence electrons. The molecule has 0 radical (unpaired) electrons. The Bertz CT molecular complexity index is 683. The normalized spacial score (nSPS) is 11.3. The van der Waals surface area contributed by atoms with Crippen LogP contribution in [-0.2, 0) is 5.60 Å². The van der Waals surface area contributed by atoms with Crippen LogP contribution in [0, 0.1) is 0 Å². The van der Waals surface area contributed by atoms with E-state index in [9.17, 15) is 9.90 Å². The number of benzene rings is 2. The van der Waals surface area contributed by atoms with Gasteiger partial charge in [0, 0.05) is 12.4 Å². The molecule has 0 bridgehead atoms. The van der Waals surface area contributed by atoms with Gasteiger partial charge in [-0.05, 0) is 11.1 Å². The Morgan fingerprint density at radius 3 is 1.90 bits per heavy atom. The third-order valence-electron chi connectivity index (χ3n) is 3.43. The summed E-state index contributed by atoms with van der Waals surface area (Å²) in [4.78, 5) is 19.5. The third kappa shape index (κ3) is 2.26. The van der Waals surface area contributed by atoms with E-state index in [1.165, 1.54) is 6.20 Å². The van der Waals surface area contributed by atoms with E-state index in [1.807, 2.05) is 12.1 Å². The highest BCUT2D eigenvalue weighted by Crippen LogP contribution is 2.32. The highest BCUT2D eigenvalue weighted by Gasteiger charge is 2.41. The molecule has 0 saturated heterocycles. The number of ketones is 1. The second-order valence-electron chi connectivity index (χ2n) is 4.71. The molecule has 0 aliphatic rings. The van der Waals surface area contributed by atoms with E-state index in [4.69, 9.17) is 0 Å². The largest absolute Gasteiger partial charge is 0.373 e. The Balaban J connectivity index is 2.18. The molecule has 0 fully saturated rings. The maximum absolute atomic E-state index is 12.8. The van der Waals surface area contributed by atoms with Crippen molar-refractivity contribution in [1.29, 1.82) is 0 Å². The van der Waals surface area contributed by atoms with E-state index >= 15 is 0 Å². The highest BCUT2D eigenvalue weighted by atomic mass is 16.3. The van der Waals surface area contributed by atoms with Gasteiger partial charge in [0.15, 0.2) is 11.4 Å². The van der Waals surface area contributed by atoms with Gasteiger partial charge in [-0.3, -0.25) is 4.79 Å². The number of Topliss-reactive ketones (excluding diaryl/α,β-unsaturated/α-hetero) is 1. The van der Waals surface area contributed by atoms with E-state index in [-0.39, 0.29) is 5.82 Å². The molecule has 0 unspecified atom stereocenters. The summed E-state index contributed by atoms with van der Waals surface area (Å²) in [6.45, 7) is 0. The molecule has 3 aromatic rings. The van der Waals surface area contributed by atoms with E-state index in [0.717, 1.165) is 0 Å². The summed E-state index contributed by atoms with van der Waals surface area (Å²) in [6, 6.07) is 17.8. The van der Waals surface area contributed by atoms with Crippen molar-refractivity contribution in [3.05, 3.63) is 90.0 Å². The average Bonchev–Trinajstić information content (AvgIpc) is 3.09. The highest BCUT2D eigenvalue weighted by molar-refractivity contribution is 6.02. The lowest BCUT2D eigenvalue weighted by molar-refractivity contribution is 0.0477. The number of carbonyl (C=O) groups is 1. The zero-order valence-electron chi connectivity index (χ0n) is 11.2. The molecule has 1 aromatic heterocycles. The van der Waals surface area contributed by atoms with Crippen LogP contribution >= 0.6 is 0 Å². The maximum atomic E-state index is 12.8. The fourth-order valence-electron chi connectivity index (χ4n) is 2.35. The van der Waals surface area contributed by atoms with E-state index in [2.05, 4.69) is 9.97 Å². The van der Waals surface area contributed by atoms with E-state index in [0.29, 0.717) is 11.1 Å². The molecule has 2 N–H and O–H groups in total. The predicted molar refractivity (Wildman–Crippen MR) is 78.8 cm³/mol. The van der Waals surface area contributed by atoms with Gasteiger partial charge in [0.25, 0.3) is 0 Å². The second kappa shape index (κ2) is 5.34. The minimum absolute atomic E-state index is 0.130. The molecule has 1 heterocycles. The summed E-state index contributed by atoms with van der Waals surface area (Å²) in [6.07, 6.45) is 3.05. The van der Waals surface area contributed by atoms with Gasteiger partial charge in [0.1, 0.15) is 0 Å². The zero-order chi connectivity index (χ0) is 14.7. The molecule has 3 rings (SSSR count). The Morgan fingerprint density at radius 1 is 0.952 bits per heavy atom. The first kappa shape index (κ1) is 13.3. The van der Waals surface area contributed by atoms with Crippen molar-refractivity contribution < 1.29 is 9.90 Å². The summed E-state index contributed by atoms with van der Waals surface area (Å²) < 4.78 is 0. The van der Waals surface area contributed by atoms with Crippen molar-refractivity contribution in [2.45, 2.75) is 5.60 Å². The Hall–Kier alpha value is -2.72. The molecule has 2 aromatic carbocycles. The number of nitrogens with zero attached hydrogens (tertiary/aromatic N) is 1. The quantitative estimate of drug-likeness (QED) is 0.721. The second-order valence-corrected chi connectivity index (χ2v) is 4.71. The fourth-order valence-corrected chi connectivity index (χ4v) is 2.35. The smallest absolute Gasteiger partial charge is 0.238 e. The molecule has 0 aliphatic heterocycles. The monoisotopic (exact) mass is 278 g/mol. The van der Waals surface area contributed by atoms with Crippen LogP contribution in [0.2, 0.25) is 0 Å². The molecule has 0 spiro atoms. The molecule has 4 nitrogen and oxygen atoms in total. The van der Waals surface area contributed by atoms with Gasteiger partial charge in [-0.2, -0.15) is 0 Å².